The van der Waals surface area contributed by atoms with Crippen molar-refractivity contribution in [3.63, 3.8) is 0 Å². The van der Waals surface area contributed by atoms with Crippen LogP contribution in [0.15, 0.2) is 18.3 Å². The molecule has 1 aromatic rings. The highest BCUT2D eigenvalue weighted by Crippen LogP contribution is 2.07. The summed E-state index contributed by atoms with van der Waals surface area (Å²) in [6.45, 7) is 1.62. The van der Waals surface area contributed by atoms with Gasteiger partial charge in [0, 0.05) is 20.3 Å². The van der Waals surface area contributed by atoms with Crippen LogP contribution in [0.1, 0.15) is 6.42 Å². The van der Waals surface area contributed by atoms with Crippen molar-refractivity contribution in [3.8, 4) is 0 Å². The molecular weight excluding hydrogens is 180 g/mol. The molecule has 0 aliphatic rings. The first-order valence-corrected chi connectivity index (χ1v) is 4.52. The summed E-state index contributed by atoms with van der Waals surface area (Å²) in [5.74, 6) is 6.06. The smallest absolute Gasteiger partial charge is 0.126 e. The van der Waals surface area contributed by atoms with Gasteiger partial charge in [0.2, 0.25) is 0 Å². The largest absolute Gasteiger partial charge is 0.385 e. The van der Waals surface area contributed by atoms with Gasteiger partial charge >= 0.3 is 0 Å². The Morgan fingerprint density at radius 2 is 2.36 bits per heavy atom. The Morgan fingerprint density at radius 3 is 2.93 bits per heavy atom. The van der Waals surface area contributed by atoms with Gasteiger partial charge in [0.25, 0.3) is 0 Å². The number of hydrazine groups is 1. The first-order chi connectivity index (χ1) is 6.86. The number of methoxy groups -OCH3 is 1. The van der Waals surface area contributed by atoms with Gasteiger partial charge in [0.05, 0.1) is 11.9 Å². The predicted molar refractivity (Wildman–Crippen MR) is 57.0 cm³/mol. The summed E-state index contributed by atoms with van der Waals surface area (Å²) in [5.41, 5.74) is 3.32. The molecule has 0 spiro atoms. The molecule has 0 saturated carbocycles. The Morgan fingerprint density at radius 1 is 1.50 bits per heavy atom. The number of nitrogens with one attached hydrogen (secondary N) is 2. The van der Waals surface area contributed by atoms with Gasteiger partial charge in [0.15, 0.2) is 0 Å². The molecule has 0 aromatic carbocycles. The summed E-state index contributed by atoms with van der Waals surface area (Å²) in [7, 11) is 1.69. The number of ether oxygens (including phenoxy) is 1. The molecule has 1 rings (SSSR count). The van der Waals surface area contributed by atoms with Gasteiger partial charge in [-0.2, -0.15) is 0 Å². The van der Waals surface area contributed by atoms with Crippen LogP contribution in [0.25, 0.3) is 0 Å². The lowest BCUT2D eigenvalue weighted by Gasteiger charge is -2.05. The molecule has 0 amide bonds. The van der Waals surface area contributed by atoms with E-state index in [9.17, 15) is 0 Å². The molecule has 14 heavy (non-hydrogen) atoms. The molecule has 5 nitrogen and oxygen atoms in total. The van der Waals surface area contributed by atoms with Gasteiger partial charge in [-0.15, -0.1) is 0 Å². The van der Waals surface area contributed by atoms with Crippen LogP contribution in [0.5, 0.6) is 0 Å². The van der Waals surface area contributed by atoms with E-state index >= 15 is 0 Å². The average Bonchev–Trinajstić information content (AvgIpc) is 2.25. The van der Waals surface area contributed by atoms with Crippen molar-refractivity contribution in [1.82, 2.24) is 4.98 Å². The summed E-state index contributed by atoms with van der Waals surface area (Å²) in [5, 5.41) is 3.17. The minimum atomic E-state index is 0.759. The number of hydrogen-bond acceptors (Lipinski definition) is 5. The van der Waals surface area contributed by atoms with Gasteiger partial charge in [-0.1, -0.05) is 0 Å². The summed E-state index contributed by atoms with van der Waals surface area (Å²) < 4.78 is 4.93. The molecule has 0 bridgehead atoms. The van der Waals surface area contributed by atoms with E-state index < -0.39 is 0 Å². The number of pyridine rings is 1. The molecule has 1 heterocycles. The maximum Gasteiger partial charge on any atom is 0.126 e. The van der Waals surface area contributed by atoms with Crippen LogP contribution >= 0.6 is 0 Å². The van der Waals surface area contributed by atoms with Crippen molar-refractivity contribution in [1.29, 1.82) is 0 Å². The highest BCUT2D eigenvalue weighted by atomic mass is 16.5. The van der Waals surface area contributed by atoms with E-state index in [1.165, 1.54) is 0 Å². The van der Waals surface area contributed by atoms with E-state index in [2.05, 4.69) is 15.7 Å². The summed E-state index contributed by atoms with van der Waals surface area (Å²) in [4.78, 5) is 4.15. The average molecular weight is 196 g/mol. The third-order valence-corrected chi connectivity index (χ3v) is 1.76. The maximum atomic E-state index is 5.21. The first-order valence-electron chi connectivity index (χ1n) is 4.52. The minimum Gasteiger partial charge on any atom is -0.385 e. The van der Waals surface area contributed by atoms with Crippen molar-refractivity contribution in [2.24, 2.45) is 5.84 Å². The second-order valence-electron chi connectivity index (χ2n) is 2.85. The molecule has 0 aliphatic carbocycles. The molecule has 5 heteroatoms. The van der Waals surface area contributed by atoms with Crippen molar-refractivity contribution in [2.75, 3.05) is 31.0 Å². The van der Waals surface area contributed by atoms with E-state index in [4.69, 9.17) is 10.6 Å². The molecule has 0 unspecified atom stereocenters. The standard InChI is InChI=1S/C9H16N4O/c1-14-6-2-5-11-9-4-3-8(13-10)7-12-9/h3-4,7,13H,2,5-6,10H2,1H3,(H,11,12). The van der Waals surface area contributed by atoms with Crippen LogP contribution in [0.4, 0.5) is 11.5 Å². The molecular formula is C9H16N4O. The fraction of sp³-hybridized carbons (Fsp3) is 0.444. The second-order valence-corrected chi connectivity index (χ2v) is 2.85. The van der Waals surface area contributed by atoms with Gasteiger partial charge in [0.1, 0.15) is 5.82 Å². The highest BCUT2D eigenvalue weighted by Gasteiger charge is 1.93. The van der Waals surface area contributed by atoms with Crippen LogP contribution in [-0.2, 0) is 4.74 Å². The van der Waals surface area contributed by atoms with Gasteiger partial charge < -0.3 is 15.5 Å². The van der Waals surface area contributed by atoms with Crippen LogP contribution < -0.4 is 16.6 Å². The van der Waals surface area contributed by atoms with Crippen LogP contribution in [0.2, 0.25) is 0 Å². The van der Waals surface area contributed by atoms with Crippen molar-refractivity contribution in [3.05, 3.63) is 18.3 Å². The number of nitrogens with two attached hydrogens (primary N) is 1. The molecule has 1 aromatic heterocycles. The Labute approximate surface area is 83.6 Å². The SMILES string of the molecule is COCCCNc1ccc(NN)cn1. The lowest BCUT2D eigenvalue weighted by Crippen LogP contribution is -2.08. The lowest BCUT2D eigenvalue weighted by atomic mass is 10.4. The van der Waals surface area contributed by atoms with Crippen molar-refractivity contribution >= 4 is 11.5 Å². The quantitative estimate of drug-likeness (QED) is 0.357. The summed E-state index contributed by atoms with van der Waals surface area (Å²) in [6.07, 6.45) is 2.65. The zero-order valence-electron chi connectivity index (χ0n) is 8.29. The predicted octanol–water partition coefficient (Wildman–Crippen LogP) is 0.816. The maximum absolute atomic E-state index is 5.21. The second kappa shape index (κ2) is 6.17. The Hall–Kier alpha value is -1.33. The first kappa shape index (κ1) is 10.7. The topological polar surface area (TPSA) is 72.2 Å². The van der Waals surface area contributed by atoms with Gasteiger partial charge in [-0.3, -0.25) is 5.84 Å². The molecule has 4 N–H and O–H groups in total. The number of nitrogen functional groups attached to an aromatic ring is 1. The van der Waals surface area contributed by atoms with Gasteiger partial charge in [-0.05, 0) is 18.6 Å². The van der Waals surface area contributed by atoms with E-state index in [0.717, 1.165) is 31.1 Å². The zero-order chi connectivity index (χ0) is 10.2. The number of hydrogen-bond donors (Lipinski definition) is 3. The van der Waals surface area contributed by atoms with E-state index in [1.807, 2.05) is 12.1 Å². The highest BCUT2D eigenvalue weighted by molar-refractivity contribution is 5.46. The Balaban J connectivity index is 2.29. The van der Waals surface area contributed by atoms with E-state index in [-0.39, 0.29) is 0 Å². The third kappa shape index (κ3) is 3.59. The fourth-order valence-corrected chi connectivity index (χ4v) is 1.02. The zero-order valence-corrected chi connectivity index (χ0v) is 8.29. The lowest BCUT2D eigenvalue weighted by molar-refractivity contribution is 0.198. The number of nitrogens with zero attached hydrogens (tertiary/aromatic N) is 1. The Kier molecular flexibility index (Phi) is 4.74. The molecule has 78 valence electrons. The third-order valence-electron chi connectivity index (χ3n) is 1.76. The molecule has 0 fully saturated rings. The fourth-order valence-electron chi connectivity index (χ4n) is 1.02. The van der Waals surface area contributed by atoms with Gasteiger partial charge in [-0.25, -0.2) is 4.98 Å². The number of rotatable bonds is 6. The summed E-state index contributed by atoms with van der Waals surface area (Å²) >= 11 is 0. The normalized spacial score (nSPS) is 9.86. The van der Waals surface area contributed by atoms with Crippen LogP contribution in [0, 0.1) is 0 Å². The van der Waals surface area contributed by atoms with Crippen molar-refractivity contribution < 1.29 is 4.74 Å². The van der Waals surface area contributed by atoms with Crippen LogP contribution in [-0.4, -0.2) is 25.2 Å². The summed E-state index contributed by atoms with van der Waals surface area (Å²) in [6, 6.07) is 3.74. The van der Waals surface area contributed by atoms with E-state index in [0.29, 0.717) is 0 Å². The molecule has 0 radical (unpaired) electrons. The van der Waals surface area contributed by atoms with Crippen LogP contribution in [0.3, 0.4) is 0 Å². The number of anilines is 2. The monoisotopic (exact) mass is 196 g/mol. The van der Waals surface area contributed by atoms with Crippen molar-refractivity contribution in [2.45, 2.75) is 6.42 Å². The molecule has 0 aliphatic heterocycles. The Bertz CT molecular complexity index is 249. The van der Waals surface area contributed by atoms with E-state index in [1.54, 1.807) is 13.3 Å². The number of aromatic nitrogens is 1. The minimum absolute atomic E-state index is 0.759. The molecule has 0 saturated heterocycles. The molecule has 0 atom stereocenters.